The SMILES string of the molecule is COC(=O)/C(=C\N(C)C)P(=O)(OC)OC. The Bertz CT molecular complexity index is 291. The molecule has 0 rings (SSSR count). The van der Waals surface area contributed by atoms with Crippen LogP contribution in [-0.4, -0.2) is 46.3 Å². The zero-order valence-electron chi connectivity index (χ0n) is 9.51. The molecule has 0 aliphatic carbocycles. The average Bonchev–Trinajstić information content (AvgIpc) is 2.23. The van der Waals surface area contributed by atoms with Gasteiger partial charge in [0.15, 0.2) is 5.31 Å². The number of esters is 1. The fourth-order valence-corrected chi connectivity index (χ4v) is 2.09. The van der Waals surface area contributed by atoms with Crippen molar-refractivity contribution in [2.75, 3.05) is 35.4 Å². The van der Waals surface area contributed by atoms with Gasteiger partial charge in [0.25, 0.3) is 0 Å². The van der Waals surface area contributed by atoms with Gasteiger partial charge in [-0.15, -0.1) is 0 Å². The topological polar surface area (TPSA) is 65.1 Å². The van der Waals surface area contributed by atoms with E-state index in [-0.39, 0.29) is 5.31 Å². The van der Waals surface area contributed by atoms with Crippen LogP contribution in [0.2, 0.25) is 0 Å². The first-order chi connectivity index (χ1) is 6.91. The number of methoxy groups -OCH3 is 1. The quantitative estimate of drug-likeness (QED) is 0.404. The normalized spacial score (nSPS) is 12.5. The third kappa shape index (κ3) is 3.66. The van der Waals surface area contributed by atoms with Crippen molar-refractivity contribution >= 4 is 13.6 Å². The lowest BCUT2D eigenvalue weighted by Crippen LogP contribution is -2.12. The largest absolute Gasteiger partial charge is 0.465 e. The predicted octanol–water partition coefficient (Wildman–Crippen LogP) is 1.05. The Balaban J connectivity index is 5.29. The van der Waals surface area contributed by atoms with Gasteiger partial charge in [0.2, 0.25) is 0 Å². The summed E-state index contributed by atoms with van der Waals surface area (Å²) in [7, 11) is 3.39. The van der Waals surface area contributed by atoms with Gasteiger partial charge in [-0.3, -0.25) is 4.57 Å². The van der Waals surface area contributed by atoms with Crippen LogP contribution < -0.4 is 0 Å². The minimum Gasteiger partial charge on any atom is -0.465 e. The summed E-state index contributed by atoms with van der Waals surface area (Å²) in [6, 6.07) is 0. The van der Waals surface area contributed by atoms with Gasteiger partial charge < -0.3 is 18.7 Å². The lowest BCUT2D eigenvalue weighted by molar-refractivity contribution is -0.135. The molecule has 0 radical (unpaired) electrons. The Hall–Kier alpha value is -0.840. The van der Waals surface area contributed by atoms with E-state index in [1.54, 1.807) is 19.0 Å². The number of rotatable bonds is 5. The summed E-state index contributed by atoms with van der Waals surface area (Å²) in [5, 5.41) is -0.139. The standard InChI is InChI=1S/C8H16NO5P/c1-9(2)6-7(8(10)12-3)15(11,13-4)14-5/h6H,1-5H3/b7-6+. The van der Waals surface area contributed by atoms with E-state index in [4.69, 9.17) is 9.05 Å². The maximum Gasteiger partial charge on any atom is 0.369 e. The fraction of sp³-hybridized carbons (Fsp3) is 0.625. The summed E-state index contributed by atoms with van der Waals surface area (Å²) >= 11 is 0. The molecule has 7 heteroatoms. The van der Waals surface area contributed by atoms with Crippen molar-refractivity contribution < 1.29 is 23.1 Å². The first-order valence-electron chi connectivity index (χ1n) is 4.10. The van der Waals surface area contributed by atoms with Gasteiger partial charge in [-0.05, 0) is 0 Å². The molecule has 6 nitrogen and oxygen atoms in total. The Labute approximate surface area is 89.3 Å². The molecule has 0 bridgehead atoms. The molecule has 0 aromatic carbocycles. The monoisotopic (exact) mass is 237 g/mol. The minimum absolute atomic E-state index is 0.139. The number of hydrogen-bond acceptors (Lipinski definition) is 6. The average molecular weight is 237 g/mol. The first-order valence-corrected chi connectivity index (χ1v) is 5.64. The van der Waals surface area contributed by atoms with Crippen molar-refractivity contribution in [2.45, 2.75) is 0 Å². The summed E-state index contributed by atoms with van der Waals surface area (Å²) in [6.07, 6.45) is 1.35. The number of ether oxygens (including phenoxy) is 1. The van der Waals surface area contributed by atoms with Crippen molar-refractivity contribution in [3.63, 3.8) is 0 Å². The van der Waals surface area contributed by atoms with Crippen LogP contribution in [0.4, 0.5) is 0 Å². The van der Waals surface area contributed by atoms with Gasteiger partial charge in [0.1, 0.15) is 0 Å². The van der Waals surface area contributed by atoms with E-state index >= 15 is 0 Å². The number of hydrogen-bond donors (Lipinski definition) is 0. The van der Waals surface area contributed by atoms with Crippen LogP contribution in [0.25, 0.3) is 0 Å². The molecule has 0 saturated heterocycles. The number of carbonyl (C=O) groups is 1. The maximum absolute atomic E-state index is 11.9. The van der Waals surface area contributed by atoms with Gasteiger partial charge >= 0.3 is 13.6 Å². The van der Waals surface area contributed by atoms with Crippen LogP contribution in [0.5, 0.6) is 0 Å². The molecule has 0 atom stereocenters. The first kappa shape index (κ1) is 14.2. The Morgan fingerprint density at radius 3 is 1.93 bits per heavy atom. The molecule has 0 aliphatic heterocycles. The zero-order chi connectivity index (χ0) is 12.1. The Kier molecular flexibility index (Phi) is 5.57. The van der Waals surface area contributed by atoms with Gasteiger partial charge in [-0.1, -0.05) is 0 Å². The van der Waals surface area contributed by atoms with Gasteiger partial charge in [0.05, 0.1) is 7.11 Å². The van der Waals surface area contributed by atoms with Gasteiger partial charge in [-0.2, -0.15) is 0 Å². The Morgan fingerprint density at radius 2 is 1.67 bits per heavy atom. The molecule has 0 fully saturated rings. The van der Waals surface area contributed by atoms with Crippen molar-refractivity contribution in [1.82, 2.24) is 4.90 Å². The third-order valence-electron chi connectivity index (χ3n) is 1.55. The molecule has 0 saturated carbocycles. The zero-order valence-corrected chi connectivity index (χ0v) is 10.4. The molecule has 88 valence electrons. The molecular formula is C8H16NO5P. The molecule has 0 heterocycles. The molecule has 15 heavy (non-hydrogen) atoms. The van der Waals surface area contributed by atoms with Crippen LogP contribution in [0.15, 0.2) is 11.5 Å². The molecule has 0 unspecified atom stereocenters. The molecule has 0 amide bonds. The molecular weight excluding hydrogens is 221 g/mol. The van der Waals surface area contributed by atoms with Crippen molar-refractivity contribution in [2.24, 2.45) is 0 Å². The molecule has 0 aromatic heterocycles. The summed E-state index contributed by atoms with van der Waals surface area (Å²) in [6.45, 7) is 0. The van der Waals surface area contributed by atoms with E-state index in [2.05, 4.69) is 4.74 Å². The molecule has 0 N–H and O–H groups in total. The minimum atomic E-state index is -3.57. The molecule has 0 spiro atoms. The van der Waals surface area contributed by atoms with E-state index in [1.807, 2.05) is 0 Å². The maximum atomic E-state index is 11.9. The van der Waals surface area contributed by atoms with Crippen LogP contribution in [-0.2, 0) is 23.1 Å². The fourth-order valence-electron chi connectivity index (χ4n) is 0.856. The highest BCUT2D eigenvalue weighted by Crippen LogP contribution is 2.54. The highest BCUT2D eigenvalue weighted by atomic mass is 31.2. The second-order valence-corrected chi connectivity index (χ2v) is 5.04. The predicted molar refractivity (Wildman–Crippen MR) is 55.4 cm³/mol. The van der Waals surface area contributed by atoms with Crippen molar-refractivity contribution in [3.05, 3.63) is 11.5 Å². The highest BCUT2D eigenvalue weighted by Gasteiger charge is 2.34. The summed E-state index contributed by atoms with van der Waals surface area (Å²) in [5.74, 6) is -0.740. The second kappa shape index (κ2) is 5.90. The van der Waals surface area contributed by atoms with Crippen LogP contribution in [0, 0.1) is 0 Å². The summed E-state index contributed by atoms with van der Waals surface area (Å²) in [4.78, 5) is 12.9. The van der Waals surface area contributed by atoms with E-state index in [0.717, 1.165) is 0 Å². The summed E-state index contributed by atoms with van der Waals surface area (Å²) < 4.78 is 25.9. The van der Waals surface area contributed by atoms with E-state index in [0.29, 0.717) is 0 Å². The lowest BCUT2D eigenvalue weighted by atomic mass is 10.6. The van der Waals surface area contributed by atoms with Crippen LogP contribution in [0.1, 0.15) is 0 Å². The second-order valence-electron chi connectivity index (χ2n) is 2.83. The van der Waals surface area contributed by atoms with Gasteiger partial charge in [0, 0.05) is 34.5 Å². The number of nitrogens with zero attached hydrogens (tertiary/aromatic N) is 1. The van der Waals surface area contributed by atoms with Crippen molar-refractivity contribution in [1.29, 1.82) is 0 Å². The highest BCUT2D eigenvalue weighted by molar-refractivity contribution is 7.59. The lowest BCUT2D eigenvalue weighted by Gasteiger charge is -2.17. The van der Waals surface area contributed by atoms with Gasteiger partial charge in [-0.25, -0.2) is 4.79 Å². The Morgan fingerprint density at radius 1 is 1.20 bits per heavy atom. The third-order valence-corrected chi connectivity index (χ3v) is 3.40. The van der Waals surface area contributed by atoms with E-state index in [9.17, 15) is 9.36 Å². The van der Waals surface area contributed by atoms with Crippen molar-refractivity contribution in [3.8, 4) is 0 Å². The van der Waals surface area contributed by atoms with Crippen LogP contribution in [0.3, 0.4) is 0 Å². The smallest absolute Gasteiger partial charge is 0.369 e. The van der Waals surface area contributed by atoms with Crippen LogP contribution >= 0.6 is 7.60 Å². The van der Waals surface area contributed by atoms with E-state index in [1.165, 1.54) is 27.5 Å². The summed E-state index contributed by atoms with van der Waals surface area (Å²) in [5.41, 5.74) is 0. The van der Waals surface area contributed by atoms with E-state index < -0.39 is 13.6 Å². The molecule has 0 aliphatic rings. The molecule has 0 aromatic rings. The number of carbonyl (C=O) groups excluding carboxylic acids is 1.